The Balaban J connectivity index is 0.00000220. The molecule has 0 radical (unpaired) electrons. The second-order valence-electron chi connectivity index (χ2n) is 4.33. The number of phenols is 1. The highest BCUT2D eigenvalue weighted by Gasteiger charge is 2.16. The van der Waals surface area contributed by atoms with Gasteiger partial charge in [-0.25, -0.2) is 0 Å². The van der Waals surface area contributed by atoms with Gasteiger partial charge in [-0.1, -0.05) is 12.1 Å². The number of rotatable bonds is 5. The zero-order chi connectivity index (χ0) is 14.5. The molecule has 110 valence electrons. The highest BCUT2D eigenvalue weighted by Crippen LogP contribution is 2.15. The zero-order valence-electron chi connectivity index (χ0n) is 11.2. The molecule has 0 saturated carbocycles. The Labute approximate surface area is 132 Å². The number of nitrogens with two attached hydrogens (primary N) is 1. The van der Waals surface area contributed by atoms with E-state index in [1.165, 1.54) is 6.07 Å². The maximum atomic E-state index is 12.1. The molecule has 2 rings (SSSR count). The molecule has 0 aliphatic rings. The first-order valence-electron chi connectivity index (χ1n) is 6.15. The van der Waals surface area contributed by atoms with E-state index in [-0.39, 0.29) is 53.0 Å². The molecule has 2 aromatic rings. The average Bonchev–Trinajstić information content (AvgIpc) is 2.47. The quantitative estimate of drug-likeness (QED) is 0.469. The lowest BCUT2D eigenvalue weighted by Crippen LogP contribution is -3.00. The Morgan fingerprint density at radius 1 is 1.10 bits per heavy atom. The van der Waals surface area contributed by atoms with Gasteiger partial charge in [-0.05, 0) is 18.2 Å². The van der Waals surface area contributed by atoms with Gasteiger partial charge < -0.3 is 27.8 Å². The number of phenolic OH excluding ortho intramolecular Hbond substituents is 1. The summed E-state index contributed by atoms with van der Waals surface area (Å²) in [6, 6.07) is 9.70. The molecule has 1 aromatic heterocycles. The number of para-hydroxylation sites is 1. The number of carbonyl (C=O) groups is 2. The molecule has 0 aliphatic carbocycles. The van der Waals surface area contributed by atoms with Crippen molar-refractivity contribution in [1.82, 2.24) is 0 Å². The van der Waals surface area contributed by atoms with Gasteiger partial charge >= 0.3 is 0 Å². The largest absolute Gasteiger partial charge is 1.00 e. The summed E-state index contributed by atoms with van der Waals surface area (Å²) in [5.41, 5.74) is 6.03. The lowest BCUT2D eigenvalue weighted by atomic mass is 10.1. The van der Waals surface area contributed by atoms with Gasteiger partial charge in [0.2, 0.25) is 12.3 Å². The molecule has 6 heteroatoms. The van der Waals surface area contributed by atoms with Crippen LogP contribution >= 0.6 is 0 Å². The molecule has 0 bridgehead atoms. The molecule has 0 amide bonds. The van der Waals surface area contributed by atoms with Gasteiger partial charge in [0.1, 0.15) is 5.75 Å². The average molecular weight is 351 g/mol. The van der Waals surface area contributed by atoms with Crippen molar-refractivity contribution in [3.8, 4) is 5.75 Å². The van der Waals surface area contributed by atoms with Crippen molar-refractivity contribution in [2.75, 3.05) is 6.54 Å². The molecule has 0 atom stereocenters. The number of halogens is 1. The van der Waals surface area contributed by atoms with Crippen molar-refractivity contribution < 1.29 is 36.2 Å². The summed E-state index contributed by atoms with van der Waals surface area (Å²) >= 11 is 0. The van der Waals surface area contributed by atoms with Crippen LogP contribution in [0.15, 0.2) is 48.8 Å². The predicted molar refractivity (Wildman–Crippen MR) is 72.5 cm³/mol. The number of Topliss-reactive ketones (excluding diaryl/α,β-unsaturated/α-hetero) is 2. The predicted octanol–water partition coefficient (Wildman–Crippen LogP) is -2.29. The van der Waals surface area contributed by atoms with Gasteiger partial charge in [-0.3, -0.25) is 9.59 Å². The Kier molecular flexibility index (Phi) is 6.20. The molecule has 21 heavy (non-hydrogen) atoms. The number of nitrogens with zero attached hydrogens (tertiary/aromatic N) is 1. The van der Waals surface area contributed by atoms with Gasteiger partial charge in [0.05, 0.1) is 17.7 Å². The molecule has 5 nitrogen and oxygen atoms in total. The summed E-state index contributed by atoms with van der Waals surface area (Å²) in [6.07, 6.45) is 3.26. The van der Waals surface area contributed by atoms with Crippen LogP contribution in [-0.2, 0) is 6.54 Å². The number of pyridine rings is 1. The minimum atomic E-state index is -0.231. The second-order valence-corrected chi connectivity index (χ2v) is 4.33. The van der Waals surface area contributed by atoms with E-state index in [4.69, 9.17) is 5.73 Å². The monoisotopic (exact) mass is 350 g/mol. The Morgan fingerprint density at radius 2 is 1.81 bits per heavy atom. The van der Waals surface area contributed by atoms with Crippen LogP contribution in [0.2, 0.25) is 0 Å². The molecule has 0 spiro atoms. The van der Waals surface area contributed by atoms with Crippen LogP contribution in [0.4, 0.5) is 0 Å². The molecule has 1 aromatic carbocycles. The summed E-state index contributed by atoms with van der Waals surface area (Å²) in [7, 11) is 0. The zero-order valence-corrected chi connectivity index (χ0v) is 12.8. The Bertz CT molecular complexity index is 659. The SMILES string of the molecule is NCC(=O)c1ccc[n+](CC(=O)c2ccccc2O)c1.[Br-]. The highest BCUT2D eigenvalue weighted by molar-refractivity contribution is 5.98. The number of carbonyl (C=O) groups excluding carboxylic acids is 2. The molecule has 0 saturated heterocycles. The topological polar surface area (TPSA) is 84.3 Å². The second kappa shape index (κ2) is 7.66. The minimum absolute atomic E-state index is 0. The molecule has 1 heterocycles. The lowest BCUT2D eigenvalue weighted by Gasteiger charge is -2.02. The fourth-order valence-electron chi connectivity index (χ4n) is 1.86. The number of benzene rings is 1. The third-order valence-electron chi connectivity index (χ3n) is 2.90. The first-order chi connectivity index (χ1) is 9.61. The van der Waals surface area contributed by atoms with Crippen LogP contribution in [0.5, 0.6) is 5.75 Å². The standard InChI is InChI=1S/C15H14N2O3.BrH/c16-8-14(19)11-4-3-7-17(9-11)10-15(20)12-5-1-2-6-13(12)18;/h1-7,9H,8,10,16H2;1H. The molecular formula is C15H15BrN2O3. The summed E-state index contributed by atoms with van der Waals surface area (Å²) in [5, 5.41) is 9.64. The number of hydrogen-bond acceptors (Lipinski definition) is 4. The number of aromatic nitrogens is 1. The third kappa shape index (κ3) is 4.21. The summed E-state index contributed by atoms with van der Waals surface area (Å²) in [5.74, 6) is -0.466. The van der Waals surface area contributed by atoms with Crippen LogP contribution in [0.1, 0.15) is 20.7 Å². The van der Waals surface area contributed by atoms with Crippen molar-refractivity contribution in [2.24, 2.45) is 5.73 Å². The van der Waals surface area contributed by atoms with Gasteiger partial charge in [0, 0.05) is 6.07 Å². The highest BCUT2D eigenvalue weighted by atomic mass is 79.9. The Hall–Kier alpha value is -2.05. The van der Waals surface area contributed by atoms with Crippen LogP contribution in [-0.4, -0.2) is 23.2 Å². The Morgan fingerprint density at radius 3 is 2.48 bits per heavy atom. The first kappa shape index (κ1) is 17.0. The normalized spacial score (nSPS) is 9.76. The summed E-state index contributed by atoms with van der Waals surface area (Å²) in [6.45, 7) is -0.0271. The summed E-state index contributed by atoms with van der Waals surface area (Å²) < 4.78 is 1.59. The van der Waals surface area contributed by atoms with Crippen molar-refractivity contribution in [3.05, 3.63) is 59.9 Å². The van der Waals surface area contributed by atoms with E-state index in [0.717, 1.165) is 0 Å². The van der Waals surface area contributed by atoms with E-state index < -0.39 is 0 Å². The fraction of sp³-hybridized carbons (Fsp3) is 0.133. The molecule has 3 N–H and O–H groups in total. The van der Waals surface area contributed by atoms with Gasteiger partial charge in [0.25, 0.3) is 0 Å². The number of ketones is 2. The van der Waals surface area contributed by atoms with Crippen molar-refractivity contribution in [3.63, 3.8) is 0 Å². The van der Waals surface area contributed by atoms with Crippen LogP contribution in [0.3, 0.4) is 0 Å². The summed E-state index contributed by atoms with van der Waals surface area (Å²) in [4.78, 5) is 23.6. The lowest BCUT2D eigenvalue weighted by molar-refractivity contribution is -0.683. The number of aromatic hydroxyl groups is 1. The van der Waals surface area contributed by atoms with E-state index >= 15 is 0 Å². The van der Waals surface area contributed by atoms with Crippen LogP contribution in [0, 0.1) is 0 Å². The van der Waals surface area contributed by atoms with Crippen molar-refractivity contribution in [1.29, 1.82) is 0 Å². The van der Waals surface area contributed by atoms with E-state index in [1.807, 2.05) is 0 Å². The maximum absolute atomic E-state index is 12.1. The van der Waals surface area contributed by atoms with Crippen molar-refractivity contribution >= 4 is 11.6 Å². The van der Waals surface area contributed by atoms with Crippen LogP contribution < -0.4 is 27.3 Å². The van der Waals surface area contributed by atoms with Gasteiger partial charge in [0.15, 0.2) is 18.2 Å². The van der Waals surface area contributed by atoms with E-state index in [0.29, 0.717) is 5.56 Å². The van der Waals surface area contributed by atoms with E-state index in [1.54, 1.807) is 47.3 Å². The van der Waals surface area contributed by atoms with E-state index in [9.17, 15) is 14.7 Å². The van der Waals surface area contributed by atoms with Gasteiger partial charge in [-0.2, -0.15) is 4.57 Å². The minimum Gasteiger partial charge on any atom is -1.00 e. The van der Waals surface area contributed by atoms with E-state index in [2.05, 4.69) is 0 Å². The third-order valence-corrected chi connectivity index (χ3v) is 2.90. The van der Waals surface area contributed by atoms with Gasteiger partial charge in [-0.15, -0.1) is 0 Å². The molecule has 0 fully saturated rings. The molecular weight excluding hydrogens is 336 g/mol. The fourth-order valence-corrected chi connectivity index (χ4v) is 1.86. The first-order valence-corrected chi connectivity index (χ1v) is 6.15. The van der Waals surface area contributed by atoms with Crippen LogP contribution in [0.25, 0.3) is 0 Å². The maximum Gasteiger partial charge on any atom is 0.231 e. The molecule has 0 unspecified atom stereocenters. The smallest absolute Gasteiger partial charge is 0.231 e. The van der Waals surface area contributed by atoms with Crippen molar-refractivity contribution in [2.45, 2.75) is 6.54 Å². The number of hydrogen-bond donors (Lipinski definition) is 2. The molecule has 0 aliphatic heterocycles.